The van der Waals surface area contributed by atoms with Crippen LogP contribution >= 0.6 is 11.6 Å². The minimum atomic E-state index is -0.896. The molecule has 2 aromatic carbocycles. The summed E-state index contributed by atoms with van der Waals surface area (Å²) < 4.78 is 17.0. The van der Waals surface area contributed by atoms with Crippen LogP contribution in [0.5, 0.6) is 17.2 Å². The van der Waals surface area contributed by atoms with Crippen LogP contribution in [0.1, 0.15) is 16.7 Å². The third-order valence-electron chi connectivity index (χ3n) is 5.77. The van der Waals surface area contributed by atoms with Crippen molar-refractivity contribution in [1.29, 1.82) is 0 Å². The van der Waals surface area contributed by atoms with Crippen molar-refractivity contribution in [3.05, 3.63) is 76.6 Å². The number of hydrogen-bond donors (Lipinski definition) is 0. The van der Waals surface area contributed by atoms with Crippen LogP contribution in [0.4, 0.5) is 5.69 Å². The van der Waals surface area contributed by atoms with E-state index in [1.165, 1.54) is 0 Å². The van der Waals surface area contributed by atoms with Gasteiger partial charge < -0.3 is 19.1 Å². The second-order valence-corrected chi connectivity index (χ2v) is 7.68. The lowest BCUT2D eigenvalue weighted by atomic mass is 9.77. The molecule has 0 aliphatic carbocycles. The van der Waals surface area contributed by atoms with Crippen LogP contribution in [0.25, 0.3) is 0 Å². The number of nitrogens with zero attached hydrogens (tertiary/aromatic N) is 2. The maximum absolute atomic E-state index is 13.8. The molecular formula is C22H15ClN2O4. The Morgan fingerprint density at radius 2 is 1.83 bits per heavy atom. The van der Waals surface area contributed by atoms with Crippen LogP contribution in [0.15, 0.2) is 54.7 Å². The molecule has 0 N–H and O–H groups in total. The fraction of sp³-hybridized carbons (Fsp3) is 0.182. The lowest BCUT2D eigenvalue weighted by Gasteiger charge is -2.23. The Kier molecular flexibility index (Phi) is 3.38. The monoisotopic (exact) mass is 406 g/mol. The van der Waals surface area contributed by atoms with E-state index in [9.17, 15) is 4.79 Å². The zero-order chi connectivity index (χ0) is 19.6. The first-order chi connectivity index (χ1) is 14.2. The number of anilines is 1. The molecule has 144 valence electrons. The average molecular weight is 407 g/mol. The van der Waals surface area contributed by atoms with Gasteiger partial charge in [0.1, 0.15) is 22.9 Å². The van der Waals surface area contributed by atoms with Crippen molar-refractivity contribution in [2.24, 2.45) is 0 Å². The lowest BCUT2D eigenvalue weighted by Crippen LogP contribution is -2.42. The number of amides is 1. The van der Waals surface area contributed by atoms with Crippen molar-refractivity contribution in [3.63, 3.8) is 0 Å². The van der Waals surface area contributed by atoms with Gasteiger partial charge >= 0.3 is 0 Å². The molecule has 4 heterocycles. The number of aromatic nitrogens is 1. The quantitative estimate of drug-likeness (QED) is 0.607. The van der Waals surface area contributed by atoms with E-state index in [4.69, 9.17) is 25.8 Å². The summed E-state index contributed by atoms with van der Waals surface area (Å²) in [5, 5.41) is 0.424. The second kappa shape index (κ2) is 5.87. The Labute approximate surface area is 171 Å². The van der Waals surface area contributed by atoms with E-state index >= 15 is 0 Å². The van der Waals surface area contributed by atoms with Crippen molar-refractivity contribution in [2.75, 3.05) is 18.3 Å². The van der Waals surface area contributed by atoms with Crippen LogP contribution < -0.4 is 19.1 Å². The number of halogens is 1. The highest BCUT2D eigenvalue weighted by molar-refractivity contribution is 6.29. The molecule has 0 fully saturated rings. The summed E-state index contributed by atoms with van der Waals surface area (Å²) >= 11 is 5.91. The molecule has 3 aromatic rings. The molecule has 0 saturated carbocycles. The van der Waals surface area contributed by atoms with Gasteiger partial charge in [0, 0.05) is 23.5 Å². The van der Waals surface area contributed by atoms with Gasteiger partial charge in [-0.25, -0.2) is 4.98 Å². The van der Waals surface area contributed by atoms with E-state index in [-0.39, 0.29) is 19.3 Å². The molecule has 0 bridgehead atoms. The summed E-state index contributed by atoms with van der Waals surface area (Å²) in [6, 6.07) is 15.2. The molecule has 1 amide bonds. The maximum Gasteiger partial charge on any atom is 0.246 e. The minimum Gasteiger partial charge on any atom is -0.491 e. The highest BCUT2D eigenvalue weighted by Gasteiger charge is 2.57. The standard InChI is InChI=1S/C22H15ClN2O4/c23-20-6-5-13(9-24-20)10-25-16-4-2-1-3-14(16)22(21(25)26)11-27-17-8-19-18(7-15(17)22)28-12-29-19/h1-9H,10-12H2. The van der Waals surface area contributed by atoms with Crippen molar-refractivity contribution < 1.29 is 19.0 Å². The molecular weight excluding hydrogens is 392 g/mol. The fourth-order valence-corrected chi connectivity index (χ4v) is 4.52. The highest BCUT2D eigenvalue weighted by Crippen LogP contribution is 2.55. The maximum atomic E-state index is 13.8. The summed E-state index contributed by atoms with van der Waals surface area (Å²) in [6.07, 6.45) is 1.69. The van der Waals surface area contributed by atoms with Crippen molar-refractivity contribution in [3.8, 4) is 17.2 Å². The van der Waals surface area contributed by atoms with Gasteiger partial charge in [0.25, 0.3) is 0 Å². The predicted molar refractivity (Wildman–Crippen MR) is 106 cm³/mol. The van der Waals surface area contributed by atoms with Crippen LogP contribution in [0.3, 0.4) is 0 Å². The van der Waals surface area contributed by atoms with E-state index in [1.54, 1.807) is 17.2 Å². The SMILES string of the molecule is O=C1N(Cc2ccc(Cl)nc2)c2ccccc2C12COc1cc3c(cc12)OCO3. The van der Waals surface area contributed by atoms with Gasteiger partial charge in [-0.05, 0) is 29.3 Å². The van der Waals surface area contributed by atoms with Gasteiger partial charge in [-0.3, -0.25) is 4.79 Å². The first kappa shape index (κ1) is 16.7. The van der Waals surface area contributed by atoms with Gasteiger partial charge in [-0.2, -0.15) is 0 Å². The number of fused-ring (bicyclic) bond motifs is 5. The smallest absolute Gasteiger partial charge is 0.246 e. The van der Waals surface area contributed by atoms with E-state index in [0.717, 1.165) is 22.4 Å². The van der Waals surface area contributed by atoms with Gasteiger partial charge in [0.15, 0.2) is 11.5 Å². The Hall–Kier alpha value is -3.25. The Balaban J connectivity index is 1.49. The Bertz CT molecular complexity index is 1160. The van der Waals surface area contributed by atoms with Crippen molar-refractivity contribution in [2.45, 2.75) is 12.0 Å². The van der Waals surface area contributed by atoms with Gasteiger partial charge in [-0.1, -0.05) is 35.9 Å². The van der Waals surface area contributed by atoms with E-state index in [1.807, 2.05) is 42.5 Å². The van der Waals surface area contributed by atoms with Crippen LogP contribution in [0, 0.1) is 0 Å². The van der Waals surface area contributed by atoms with E-state index < -0.39 is 5.41 Å². The Morgan fingerprint density at radius 1 is 1.00 bits per heavy atom. The average Bonchev–Trinajstić information content (AvgIpc) is 3.41. The van der Waals surface area contributed by atoms with Gasteiger partial charge in [-0.15, -0.1) is 0 Å². The first-order valence-corrected chi connectivity index (χ1v) is 9.63. The topological polar surface area (TPSA) is 60.9 Å². The summed E-state index contributed by atoms with van der Waals surface area (Å²) in [5.41, 5.74) is 2.63. The number of rotatable bonds is 2. The molecule has 1 atom stereocenters. The molecule has 3 aliphatic heterocycles. The third-order valence-corrected chi connectivity index (χ3v) is 6.00. The molecule has 29 heavy (non-hydrogen) atoms. The largest absolute Gasteiger partial charge is 0.491 e. The number of carbonyl (C=O) groups is 1. The van der Waals surface area contributed by atoms with E-state index in [0.29, 0.717) is 28.9 Å². The van der Waals surface area contributed by atoms with Crippen molar-refractivity contribution >= 4 is 23.2 Å². The predicted octanol–water partition coefficient (Wildman–Crippen LogP) is 3.69. The molecule has 1 unspecified atom stereocenters. The third kappa shape index (κ3) is 2.23. The molecule has 6 nitrogen and oxygen atoms in total. The number of carbonyl (C=O) groups excluding carboxylic acids is 1. The summed E-state index contributed by atoms with van der Waals surface area (Å²) in [6.45, 7) is 0.823. The molecule has 0 saturated heterocycles. The zero-order valence-corrected chi connectivity index (χ0v) is 16.0. The van der Waals surface area contributed by atoms with Crippen LogP contribution in [-0.4, -0.2) is 24.3 Å². The summed E-state index contributed by atoms with van der Waals surface area (Å²) in [7, 11) is 0. The summed E-state index contributed by atoms with van der Waals surface area (Å²) in [4.78, 5) is 19.8. The minimum absolute atomic E-state index is 0.0220. The molecule has 0 radical (unpaired) electrons. The normalized spacial score (nSPS) is 20.7. The zero-order valence-electron chi connectivity index (χ0n) is 15.2. The highest BCUT2D eigenvalue weighted by atomic mass is 35.5. The van der Waals surface area contributed by atoms with Gasteiger partial charge in [0.2, 0.25) is 12.7 Å². The first-order valence-electron chi connectivity index (χ1n) is 9.26. The van der Waals surface area contributed by atoms with Crippen LogP contribution in [-0.2, 0) is 16.8 Å². The Morgan fingerprint density at radius 3 is 2.66 bits per heavy atom. The fourth-order valence-electron chi connectivity index (χ4n) is 4.40. The number of pyridine rings is 1. The second-order valence-electron chi connectivity index (χ2n) is 7.29. The molecule has 7 heteroatoms. The molecule has 3 aliphatic rings. The molecule has 1 spiro atoms. The number of benzene rings is 2. The number of para-hydroxylation sites is 1. The number of ether oxygens (including phenoxy) is 3. The summed E-state index contributed by atoms with van der Waals surface area (Å²) in [5.74, 6) is 1.92. The van der Waals surface area contributed by atoms with Crippen LogP contribution in [0.2, 0.25) is 5.15 Å². The van der Waals surface area contributed by atoms with E-state index in [2.05, 4.69) is 4.98 Å². The van der Waals surface area contributed by atoms with Crippen molar-refractivity contribution in [1.82, 2.24) is 4.98 Å². The number of hydrogen-bond acceptors (Lipinski definition) is 5. The van der Waals surface area contributed by atoms with Gasteiger partial charge in [0.05, 0.1) is 6.54 Å². The lowest BCUT2D eigenvalue weighted by molar-refractivity contribution is -0.122. The molecule has 6 rings (SSSR count). The molecule has 1 aromatic heterocycles.